The molecule has 0 saturated carbocycles. The number of unbranched alkanes of at least 4 members (excludes halogenated alkanes) is 1. The minimum absolute atomic E-state index is 0.121. The molecule has 0 aliphatic carbocycles. The van der Waals surface area contributed by atoms with Crippen molar-refractivity contribution < 1.29 is 9.53 Å². The smallest absolute Gasteiger partial charge is 0.409 e. The van der Waals surface area contributed by atoms with E-state index >= 15 is 0 Å². The van der Waals surface area contributed by atoms with Gasteiger partial charge in [0.05, 0.1) is 6.61 Å². The van der Waals surface area contributed by atoms with Crippen LogP contribution in [0.5, 0.6) is 0 Å². The summed E-state index contributed by atoms with van der Waals surface area (Å²) >= 11 is 0. The quantitative estimate of drug-likeness (QED) is 0.731. The zero-order valence-corrected chi connectivity index (χ0v) is 16.1. The average Bonchev–Trinajstić information content (AvgIpc) is 2.70. The highest BCUT2D eigenvalue weighted by atomic mass is 16.6. The van der Waals surface area contributed by atoms with Crippen LogP contribution in [0.3, 0.4) is 0 Å². The minimum atomic E-state index is -0.121. The van der Waals surface area contributed by atoms with Gasteiger partial charge in [-0.1, -0.05) is 43.7 Å². The SMILES string of the molecule is CCCCOC(=O)N1CCC(N2CCN(Cc3ccccc3)CC2)CC1. The molecule has 3 rings (SSSR count). The molecule has 2 saturated heterocycles. The molecule has 2 heterocycles. The van der Waals surface area contributed by atoms with Gasteiger partial charge in [0.1, 0.15) is 0 Å². The summed E-state index contributed by atoms with van der Waals surface area (Å²) in [7, 11) is 0. The molecule has 1 aromatic carbocycles. The van der Waals surface area contributed by atoms with Gasteiger partial charge in [-0.2, -0.15) is 0 Å². The van der Waals surface area contributed by atoms with E-state index in [1.807, 2.05) is 4.90 Å². The van der Waals surface area contributed by atoms with Crippen molar-refractivity contribution in [1.29, 1.82) is 0 Å². The molecule has 0 atom stereocenters. The Hall–Kier alpha value is -1.59. The van der Waals surface area contributed by atoms with Crippen molar-refractivity contribution in [3.8, 4) is 0 Å². The highest BCUT2D eigenvalue weighted by Gasteiger charge is 2.29. The van der Waals surface area contributed by atoms with Crippen molar-refractivity contribution in [1.82, 2.24) is 14.7 Å². The Bertz CT molecular complexity index is 535. The number of rotatable bonds is 6. The molecule has 2 aliphatic heterocycles. The maximum atomic E-state index is 12.1. The molecule has 2 aliphatic rings. The Balaban J connectivity index is 1.36. The van der Waals surface area contributed by atoms with Crippen LogP contribution in [-0.4, -0.2) is 72.7 Å². The number of likely N-dealkylation sites (tertiary alicyclic amines) is 1. The van der Waals surface area contributed by atoms with Crippen molar-refractivity contribution in [3.05, 3.63) is 35.9 Å². The van der Waals surface area contributed by atoms with E-state index in [2.05, 4.69) is 47.1 Å². The van der Waals surface area contributed by atoms with Gasteiger partial charge in [0, 0.05) is 51.9 Å². The molecule has 5 heteroatoms. The van der Waals surface area contributed by atoms with E-state index in [4.69, 9.17) is 4.74 Å². The summed E-state index contributed by atoms with van der Waals surface area (Å²) in [4.78, 5) is 19.1. The van der Waals surface area contributed by atoms with Crippen LogP contribution in [0.25, 0.3) is 0 Å². The summed E-state index contributed by atoms with van der Waals surface area (Å²) < 4.78 is 5.34. The van der Waals surface area contributed by atoms with Gasteiger partial charge in [-0.25, -0.2) is 4.79 Å². The molecule has 0 N–H and O–H groups in total. The molecule has 0 unspecified atom stereocenters. The third-order valence-electron chi connectivity index (χ3n) is 5.62. The van der Waals surface area contributed by atoms with Crippen LogP contribution in [-0.2, 0) is 11.3 Å². The molecule has 2 fully saturated rings. The molecule has 0 radical (unpaired) electrons. The van der Waals surface area contributed by atoms with Gasteiger partial charge in [0.2, 0.25) is 0 Å². The van der Waals surface area contributed by atoms with Crippen molar-refractivity contribution in [2.45, 2.75) is 45.2 Å². The highest BCUT2D eigenvalue weighted by molar-refractivity contribution is 5.67. The largest absolute Gasteiger partial charge is 0.449 e. The summed E-state index contributed by atoms with van der Waals surface area (Å²) in [5.41, 5.74) is 1.40. The van der Waals surface area contributed by atoms with E-state index in [9.17, 15) is 4.79 Å². The van der Waals surface area contributed by atoms with Crippen LogP contribution >= 0.6 is 0 Å². The minimum Gasteiger partial charge on any atom is -0.449 e. The standard InChI is InChI=1S/C21H33N3O2/c1-2-3-17-26-21(25)24-11-9-20(10-12-24)23-15-13-22(14-16-23)18-19-7-5-4-6-8-19/h4-8,20H,2-3,9-18H2,1H3. The molecule has 0 bridgehead atoms. The Kier molecular flexibility index (Phi) is 7.32. The first kappa shape index (κ1) is 19.2. The molecular formula is C21H33N3O2. The Labute approximate surface area is 157 Å². The van der Waals surface area contributed by atoms with Crippen LogP contribution in [0, 0.1) is 0 Å². The molecule has 1 amide bonds. The molecule has 1 aromatic rings. The molecule has 144 valence electrons. The van der Waals surface area contributed by atoms with Crippen molar-refractivity contribution in [3.63, 3.8) is 0 Å². The second-order valence-corrected chi connectivity index (χ2v) is 7.48. The number of piperidine rings is 1. The second-order valence-electron chi connectivity index (χ2n) is 7.48. The van der Waals surface area contributed by atoms with Gasteiger partial charge >= 0.3 is 6.09 Å². The number of amides is 1. The first-order valence-corrected chi connectivity index (χ1v) is 10.2. The zero-order chi connectivity index (χ0) is 18.2. The summed E-state index contributed by atoms with van der Waals surface area (Å²) in [6.07, 6.45) is 4.04. The first-order chi connectivity index (χ1) is 12.8. The van der Waals surface area contributed by atoms with Crippen LogP contribution in [0.4, 0.5) is 4.79 Å². The number of ether oxygens (including phenoxy) is 1. The average molecular weight is 360 g/mol. The van der Waals surface area contributed by atoms with Gasteiger partial charge in [0.25, 0.3) is 0 Å². The number of hydrogen-bond acceptors (Lipinski definition) is 4. The number of carbonyl (C=O) groups excluding carboxylic acids is 1. The van der Waals surface area contributed by atoms with Gasteiger partial charge in [0.15, 0.2) is 0 Å². The first-order valence-electron chi connectivity index (χ1n) is 10.2. The third-order valence-corrected chi connectivity index (χ3v) is 5.62. The lowest BCUT2D eigenvalue weighted by atomic mass is 10.0. The fourth-order valence-electron chi connectivity index (χ4n) is 3.94. The van der Waals surface area contributed by atoms with Crippen LogP contribution in [0.2, 0.25) is 0 Å². The summed E-state index contributed by atoms with van der Waals surface area (Å²) in [6, 6.07) is 11.4. The van der Waals surface area contributed by atoms with E-state index in [-0.39, 0.29) is 6.09 Å². The topological polar surface area (TPSA) is 36.0 Å². The lowest BCUT2D eigenvalue weighted by Crippen LogP contribution is -2.53. The van der Waals surface area contributed by atoms with E-state index in [0.717, 1.165) is 71.5 Å². The van der Waals surface area contributed by atoms with Crippen molar-refractivity contribution in [2.75, 3.05) is 45.9 Å². The number of hydrogen-bond donors (Lipinski definition) is 0. The highest BCUT2D eigenvalue weighted by Crippen LogP contribution is 2.19. The Morgan fingerprint density at radius 1 is 1.04 bits per heavy atom. The fraction of sp³-hybridized carbons (Fsp3) is 0.667. The van der Waals surface area contributed by atoms with E-state index in [1.165, 1.54) is 5.56 Å². The fourth-order valence-corrected chi connectivity index (χ4v) is 3.94. The number of benzene rings is 1. The monoisotopic (exact) mass is 359 g/mol. The Morgan fingerprint density at radius 2 is 1.73 bits per heavy atom. The molecular weight excluding hydrogens is 326 g/mol. The van der Waals surface area contributed by atoms with Crippen molar-refractivity contribution in [2.24, 2.45) is 0 Å². The number of carbonyl (C=O) groups is 1. The normalized spacial score (nSPS) is 20.3. The maximum absolute atomic E-state index is 12.1. The Morgan fingerprint density at radius 3 is 2.38 bits per heavy atom. The van der Waals surface area contributed by atoms with E-state index < -0.39 is 0 Å². The van der Waals surface area contributed by atoms with Gasteiger partial charge < -0.3 is 9.64 Å². The number of nitrogens with zero attached hydrogens (tertiary/aromatic N) is 3. The molecule has 0 spiro atoms. The van der Waals surface area contributed by atoms with Crippen molar-refractivity contribution >= 4 is 6.09 Å². The third kappa shape index (κ3) is 5.45. The van der Waals surface area contributed by atoms with E-state index in [0.29, 0.717) is 12.6 Å². The maximum Gasteiger partial charge on any atom is 0.409 e. The molecule has 26 heavy (non-hydrogen) atoms. The van der Waals surface area contributed by atoms with Crippen LogP contribution in [0.1, 0.15) is 38.2 Å². The molecule has 0 aromatic heterocycles. The lowest BCUT2D eigenvalue weighted by Gasteiger charge is -2.42. The summed E-state index contributed by atoms with van der Waals surface area (Å²) in [5.74, 6) is 0. The van der Waals surface area contributed by atoms with E-state index in [1.54, 1.807) is 0 Å². The van der Waals surface area contributed by atoms with Gasteiger partial charge in [-0.3, -0.25) is 9.80 Å². The van der Waals surface area contributed by atoms with Crippen LogP contribution < -0.4 is 0 Å². The lowest BCUT2D eigenvalue weighted by molar-refractivity contribution is 0.0473. The second kappa shape index (κ2) is 9.93. The van der Waals surface area contributed by atoms with Gasteiger partial charge in [-0.05, 0) is 24.8 Å². The predicted molar refractivity (Wildman–Crippen MR) is 104 cm³/mol. The summed E-state index contributed by atoms with van der Waals surface area (Å²) in [6.45, 7) is 9.92. The van der Waals surface area contributed by atoms with Gasteiger partial charge in [-0.15, -0.1) is 0 Å². The molecule has 5 nitrogen and oxygen atoms in total. The zero-order valence-electron chi connectivity index (χ0n) is 16.1. The van der Waals surface area contributed by atoms with Crippen LogP contribution in [0.15, 0.2) is 30.3 Å². The predicted octanol–water partition coefficient (Wildman–Crippen LogP) is 3.21. The summed E-state index contributed by atoms with van der Waals surface area (Å²) in [5, 5.41) is 0. The number of piperazine rings is 1.